The molecule has 0 bridgehead atoms. The van der Waals surface area contributed by atoms with Gasteiger partial charge in [-0.1, -0.05) is 0 Å². The van der Waals surface area contributed by atoms with E-state index < -0.39 is 0 Å². The van der Waals surface area contributed by atoms with Gasteiger partial charge in [0.2, 0.25) is 0 Å². The molecule has 1 atom stereocenters. The van der Waals surface area contributed by atoms with Crippen LogP contribution in [0.1, 0.15) is 32.6 Å². The number of nitrogens with two attached hydrogens (primary N) is 1. The lowest BCUT2D eigenvalue weighted by Crippen LogP contribution is -2.10. The summed E-state index contributed by atoms with van der Waals surface area (Å²) in [6.45, 7) is 5.95. The number of nitrogens with zero attached hydrogens (tertiary/aromatic N) is 2. The van der Waals surface area contributed by atoms with Gasteiger partial charge in [0, 0.05) is 23.5 Å². The van der Waals surface area contributed by atoms with Gasteiger partial charge in [-0.25, -0.2) is 4.98 Å². The topological polar surface area (TPSA) is 88.8 Å². The molecule has 0 amide bonds. The molecule has 0 aliphatic rings. The summed E-state index contributed by atoms with van der Waals surface area (Å²) < 4.78 is 5.65. The van der Waals surface area contributed by atoms with Crippen LogP contribution in [0.5, 0.6) is 5.75 Å². The molecule has 0 fully saturated rings. The van der Waals surface area contributed by atoms with E-state index in [1.54, 1.807) is 0 Å². The molecule has 1 aromatic carbocycles. The van der Waals surface area contributed by atoms with Gasteiger partial charge in [0.05, 0.1) is 12.1 Å². The zero-order valence-corrected chi connectivity index (χ0v) is 11.3. The van der Waals surface area contributed by atoms with E-state index >= 15 is 0 Å². The number of benzene rings is 1. The summed E-state index contributed by atoms with van der Waals surface area (Å²) in [5.41, 5.74) is 7.42. The fourth-order valence-electron chi connectivity index (χ4n) is 1.79. The van der Waals surface area contributed by atoms with Crippen molar-refractivity contribution in [2.75, 3.05) is 11.1 Å². The van der Waals surface area contributed by atoms with Crippen LogP contribution >= 0.6 is 0 Å². The smallest absolute Gasteiger partial charge is 0.146 e. The van der Waals surface area contributed by atoms with Crippen LogP contribution in [0.25, 0.3) is 0 Å². The van der Waals surface area contributed by atoms with E-state index in [-0.39, 0.29) is 12.1 Å². The maximum absolute atomic E-state index is 5.87. The maximum atomic E-state index is 5.87. The number of rotatable bonds is 5. The van der Waals surface area contributed by atoms with Gasteiger partial charge >= 0.3 is 0 Å². The first kappa shape index (κ1) is 13.2. The summed E-state index contributed by atoms with van der Waals surface area (Å²) in [5.74, 6) is 1.52. The molecule has 6 heteroatoms. The highest BCUT2D eigenvalue weighted by molar-refractivity contribution is 5.59. The summed E-state index contributed by atoms with van der Waals surface area (Å²) in [4.78, 5) is 4.11. The minimum atomic E-state index is 0.0104. The number of aromatic amines is 1. The highest BCUT2D eigenvalue weighted by Crippen LogP contribution is 2.25. The minimum absolute atomic E-state index is 0.0104. The number of H-pyrrole nitrogens is 1. The van der Waals surface area contributed by atoms with Crippen LogP contribution < -0.4 is 15.8 Å². The number of ether oxygens (including phenoxy) is 1. The lowest BCUT2D eigenvalue weighted by molar-refractivity contribution is 0.242. The first-order valence-electron chi connectivity index (χ1n) is 6.23. The molecule has 1 aromatic heterocycles. The average molecular weight is 261 g/mol. The molecule has 0 radical (unpaired) electrons. The second kappa shape index (κ2) is 5.60. The van der Waals surface area contributed by atoms with Gasteiger partial charge in [0.15, 0.2) is 0 Å². The van der Waals surface area contributed by atoms with Crippen LogP contribution in [0, 0.1) is 0 Å². The van der Waals surface area contributed by atoms with E-state index in [4.69, 9.17) is 10.5 Å². The molecule has 6 nitrogen and oxygen atoms in total. The van der Waals surface area contributed by atoms with Gasteiger partial charge in [-0.05, 0) is 26.8 Å². The van der Waals surface area contributed by atoms with Gasteiger partial charge in [-0.15, -0.1) is 0 Å². The summed E-state index contributed by atoms with van der Waals surface area (Å²) in [6.07, 6.45) is 1.60. The Morgan fingerprint density at radius 3 is 2.68 bits per heavy atom. The third-order valence-electron chi connectivity index (χ3n) is 2.53. The van der Waals surface area contributed by atoms with Crippen LogP contribution in [0.4, 0.5) is 11.4 Å². The second-order valence-corrected chi connectivity index (χ2v) is 4.69. The van der Waals surface area contributed by atoms with Crippen molar-refractivity contribution in [2.45, 2.75) is 32.9 Å². The van der Waals surface area contributed by atoms with Crippen LogP contribution in [0.3, 0.4) is 0 Å². The van der Waals surface area contributed by atoms with Crippen molar-refractivity contribution < 1.29 is 4.74 Å². The molecular formula is C13H19N5O. The van der Waals surface area contributed by atoms with Crippen molar-refractivity contribution in [3.8, 4) is 5.75 Å². The monoisotopic (exact) mass is 261 g/mol. The average Bonchev–Trinajstić information content (AvgIpc) is 2.79. The van der Waals surface area contributed by atoms with Gasteiger partial charge in [0.25, 0.3) is 0 Å². The normalized spacial score (nSPS) is 12.4. The van der Waals surface area contributed by atoms with Crippen molar-refractivity contribution in [3.05, 3.63) is 30.4 Å². The maximum Gasteiger partial charge on any atom is 0.146 e. The fraction of sp³-hybridized carbons (Fsp3) is 0.385. The second-order valence-electron chi connectivity index (χ2n) is 4.69. The lowest BCUT2D eigenvalue weighted by atomic mass is 10.2. The third-order valence-corrected chi connectivity index (χ3v) is 2.53. The molecule has 0 saturated carbocycles. The van der Waals surface area contributed by atoms with E-state index in [2.05, 4.69) is 20.5 Å². The summed E-state index contributed by atoms with van der Waals surface area (Å²) in [6, 6.07) is 5.60. The largest absolute Gasteiger partial charge is 0.491 e. The van der Waals surface area contributed by atoms with Gasteiger partial charge in [-0.2, -0.15) is 5.10 Å². The van der Waals surface area contributed by atoms with Crippen LogP contribution in [-0.4, -0.2) is 21.3 Å². The van der Waals surface area contributed by atoms with Crippen molar-refractivity contribution >= 4 is 11.4 Å². The number of hydrogen-bond donors (Lipinski definition) is 3. The highest BCUT2D eigenvalue weighted by atomic mass is 16.5. The van der Waals surface area contributed by atoms with Gasteiger partial charge < -0.3 is 15.8 Å². The van der Waals surface area contributed by atoms with Crippen molar-refractivity contribution in [3.63, 3.8) is 0 Å². The van der Waals surface area contributed by atoms with E-state index in [0.29, 0.717) is 5.69 Å². The quantitative estimate of drug-likeness (QED) is 0.719. The predicted octanol–water partition coefficient (Wildman–Crippen LogP) is 2.35. The number of nitrogen functional groups attached to an aromatic ring is 1. The number of anilines is 2. The molecule has 0 saturated heterocycles. The molecule has 19 heavy (non-hydrogen) atoms. The first-order chi connectivity index (χ1) is 9.04. The molecule has 0 aliphatic heterocycles. The summed E-state index contributed by atoms with van der Waals surface area (Å²) in [5, 5.41) is 9.97. The Hall–Kier alpha value is -2.24. The van der Waals surface area contributed by atoms with Crippen molar-refractivity contribution in [2.24, 2.45) is 0 Å². The molecule has 2 aromatic rings. The first-order valence-corrected chi connectivity index (χ1v) is 6.23. The van der Waals surface area contributed by atoms with E-state index in [1.807, 2.05) is 39.0 Å². The number of hydrogen-bond acceptors (Lipinski definition) is 5. The zero-order valence-electron chi connectivity index (χ0n) is 11.3. The molecular weight excluding hydrogens is 242 g/mol. The standard InChI is InChI=1S/C13H19N5O/c1-8(2)19-12-5-10(14)4-11(6-12)17-9(3)13-15-7-16-18-13/h4-9,17H,14H2,1-3H3,(H,15,16,18). The van der Waals surface area contributed by atoms with Crippen molar-refractivity contribution in [1.82, 2.24) is 15.2 Å². The Bertz CT molecular complexity index is 524. The Kier molecular flexibility index (Phi) is 3.89. The Balaban J connectivity index is 2.13. The van der Waals surface area contributed by atoms with Gasteiger partial charge in [-0.3, -0.25) is 5.10 Å². The van der Waals surface area contributed by atoms with E-state index in [1.165, 1.54) is 6.33 Å². The highest BCUT2D eigenvalue weighted by Gasteiger charge is 2.09. The Morgan fingerprint density at radius 1 is 1.26 bits per heavy atom. The Morgan fingerprint density at radius 2 is 2.05 bits per heavy atom. The van der Waals surface area contributed by atoms with Crippen LogP contribution in [0.2, 0.25) is 0 Å². The predicted molar refractivity (Wildman–Crippen MR) is 75.0 cm³/mol. The molecule has 2 rings (SSSR count). The molecule has 1 unspecified atom stereocenters. The van der Waals surface area contributed by atoms with Crippen LogP contribution in [0.15, 0.2) is 24.5 Å². The zero-order chi connectivity index (χ0) is 13.8. The van der Waals surface area contributed by atoms with Gasteiger partial charge in [0.1, 0.15) is 17.9 Å². The van der Waals surface area contributed by atoms with Crippen molar-refractivity contribution in [1.29, 1.82) is 0 Å². The third kappa shape index (κ3) is 3.61. The molecule has 0 aliphatic carbocycles. The number of aromatic nitrogens is 3. The van der Waals surface area contributed by atoms with Crippen LogP contribution in [-0.2, 0) is 0 Å². The summed E-state index contributed by atoms with van der Waals surface area (Å²) >= 11 is 0. The Labute approximate surface area is 112 Å². The molecule has 102 valence electrons. The fourth-order valence-corrected chi connectivity index (χ4v) is 1.79. The molecule has 0 spiro atoms. The molecule has 1 heterocycles. The van der Waals surface area contributed by atoms with E-state index in [0.717, 1.165) is 17.3 Å². The summed E-state index contributed by atoms with van der Waals surface area (Å²) in [7, 11) is 0. The van der Waals surface area contributed by atoms with E-state index in [9.17, 15) is 0 Å². The number of nitrogens with one attached hydrogen (secondary N) is 2. The lowest BCUT2D eigenvalue weighted by Gasteiger charge is -2.16. The SMILES string of the molecule is CC(C)Oc1cc(N)cc(NC(C)c2ncn[nH]2)c1. The molecule has 4 N–H and O–H groups in total. The minimum Gasteiger partial charge on any atom is -0.491 e.